The first-order chi connectivity index (χ1) is 17.8. The summed E-state index contributed by atoms with van der Waals surface area (Å²) < 4.78 is 6.15. The number of furan rings is 1. The molecule has 0 bridgehead atoms. The van der Waals surface area contributed by atoms with Crippen LogP contribution < -0.4 is 10.6 Å². The predicted molar refractivity (Wildman–Crippen MR) is 143 cm³/mol. The minimum atomic E-state index is 0.698. The molecule has 178 valence electrons. The largest absolute Gasteiger partial charge is 0.454 e. The van der Waals surface area contributed by atoms with Gasteiger partial charge in [0.05, 0.1) is 18.1 Å². The maximum Gasteiger partial charge on any atom is 0.155 e. The van der Waals surface area contributed by atoms with Gasteiger partial charge in [-0.1, -0.05) is 24.3 Å². The van der Waals surface area contributed by atoms with Gasteiger partial charge in [0.1, 0.15) is 22.9 Å². The van der Waals surface area contributed by atoms with Crippen molar-refractivity contribution in [2.75, 3.05) is 26.2 Å². The molecule has 0 spiro atoms. The number of rotatable bonds is 4. The molecule has 8 heteroatoms. The molecule has 2 aliphatic rings. The first kappa shape index (κ1) is 20.9. The van der Waals surface area contributed by atoms with Gasteiger partial charge in [-0.05, 0) is 31.0 Å². The van der Waals surface area contributed by atoms with Crippen LogP contribution in [0.5, 0.6) is 0 Å². The highest BCUT2D eigenvalue weighted by atomic mass is 16.3. The molecule has 0 fully saturated rings. The summed E-state index contributed by atoms with van der Waals surface area (Å²) >= 11 is 0. The molecule has 0 aliphatic carbocycles. The number of fused-ring (bicyclic) bond motifs is 2. The van der Waals surface area contributed by atoms with Gasteiger partial charge in [0.15, 0.2) is 5.76 Å². The number of hydrogen-bond donors (Lipinski definition) is 3. The summed E-state index contributed by atoms with van der Waals surface area (Å²) in [6, 6.07) is 14.5. The monoisotopic (exact) mass is 475 g/mol. The number of hydrogen-bond acceptors (Lipinski definition) is 7. The van der Waals surface area contributed by atoms with Crippen LogP contribution in [-0.2, 0) is 0 Å². The molecule has 0 unspecified atom stereocenters. The minimum absolute atomic E-state index is 0.698. The van der Waals surface area contributed by atoms with E-state index in [0.717, 1.165) is 94.9 Å². The Morgan fingerprint density at radius 2 is 1.47 bits per heavy atom. The standard InChI is InChI=1S/C28H25N7O/c1-7-29-27(30-8-1)18-5-6-20-21(14-33-22(20)11-18)23-15-35-24(16-34-23)26-12-17-3-4-19(13-25(17)36-26)28-31-9-2-10-32-28/h3-6,11-16,33H,1-2,7-10H2,(H,29,30)(H,31,32). The zero-order valence-electron chi connectivity index (χ0n) is 19.7. The second-order valence-electron chi connectivity index (χ2n) is 9.13. The predicted octanol–water partition coefficient (Wildman–Crippen LogP) is 4.52. The molecule has 3 aromatic heterocycles. The number of nitrogens with one attached hydrogen (secondary N) is 3. The highest BCUT2D eigenvalue weighted by Gasteiger charge is 2.15. The Morgan fingerprint density at radius 3 is 2.19 bits per heavy atom. The Morgan fingerprint density at radius 1 is 0.750 bits per heavy atom. The van der Waals surface area contributed by atoms with Gasteiger partial charge in [0.25, 0.3) is 0 Å². The summed E-state index contributed by atoms with van der Waals surface area (Å²) in [7, 11) is 0. The second-order valence-corrected chi connectivity index (χ2v) is 9.13. The molecule has 3 N–H and O–H groups in total. The fourth-order valence-corrected chi connectivity index (χ4v) is 4.84. The van der Waals surface area contributed by atoms with Gasteiger partial charge in [-0.3, -0.25) is 15.0 Å². The van der Waals surface area contributed by atoms with Crippen LogP contribution in [0.3, 0.4) is 0 Å². The molecule has 0 saturated carbocycles. The lowest BCUT2D eigenvalue weighted by Crippen LogP contribution is -2.30. The van der Waals surface area contributed by atoms with E-state index in [2.05, 4.69) is 60.9 Å². The van der Waals surface area contributed by atoms with Crippen molar-refractivity contribution in [3.63, 3.8) is 0 Å². The molecule has 2 aliphatic heterocycles. The van der Waals surface area contributed by atoms with E-state index in [-0.39, 0.29) is 0 Å². The lowest BCUT2D eigenvalue weighted by Gasteiger charge is -2.14. The Bertz CT molecular complexity index is 1640. The van der Waals surface area contributed by atoms with Crippen molar-refractivity contribution in [2.24, 2.45) is 9.98 Å². The van der Waals surface area contributed by atoms with Gasteiger partial charge in [0, 0.05) is 65.4 Å². The zero-order valence-corrected chi connectivity index (χ0v) is 19.7. The Kier molecular flexibility index (Phi) is 5.01. The summed E-state index contributed by atoms with van der Waals surface area (Å²) in [4.78, 5) is 22.0. The topological polar surface area (TPSA) is 103 Å². The lowest BCUT2D eigenvalue weighted by molar-refractivity contribution is 0.628. The first-order valence-corrected chi connectivity index (χ1v) is 12.4. The smallest absolute Gasteiger partial charge is 0.155 e. The number of aromatic nitrogens is 3. The van der Waals surface area contributed by atoms with Crippen LogP contribution in [0.4, 0.5) is 0 Å². The first-order valence-electron chi connectivity index (χ1n) is 12.4. The van der Waals surface area contributed by atoms with Crippen molar-refractivity contribution in [3.05, 3.63) is 72.2 Å². The summed E-state index contributed by atoms with van der Waals surface area (Å²) in [6.45, 7) is 3.65. The van der Waals surface area contributed by atoms with Crippen LogP contribution in [-0.4, -0.2) is 52.8 Å². The summed E-state index contributed by atoms with van der Waals surface area (Å²) in [5, 5.41) is 8.88. The van der Waals surface area contributed by atoms with Crippen LogP contribution in [0, 0.1) is 0 Å². The van der Waals surface area contributed by atoms with Crippen molar-refractivity contribution >= 4 is 33.5 Å². The van der Waals surface area contributed by atoms with Gasteiger partial charge >= 0.3 is 0 Å². The van der Waals surface area contributed by atoms with Crippen LogP contribution in [0.2, 0.25) is 0 Å². The third-order valence-corrected chi connectivity index (χ3v) is 6.72. The minimum Gasteiger partial charge on any atom is -0.454 e. The highest BCUT2D eigenvalue weighted by molar-refractivity contribution is 6.04. The zero-order chi connectivity index (χ0) is 23.9. The number of H-pyrrole nitrogens is 1. The molecule has 8 nitrogen and oxygen atoms in total. The molecule has 0 atom stereocenters. The van der Waals surface area contributed by atoms with Crippen molar-refractivity contribution in [2.45, 2.75) is 12.8 Å². The van der Waals surface area contributed by atoms with E-state index in [1.165, 1.54) is 0 Å². The maximum atomic E-state index is 6.15. The number of aliphatic imine (C=N–C) groups is 2. The number of aromatic amines is 1. The quantitative estimate of drug-likeness (QED) is 0.355. The Hall–Kier alpha value is -4.46. The summed E-state index contributed by atoms with van der Waals surface area (Å²) in [5.41, 5.74) is 6.53. The van der Waals surface area contributed by atoms with Crippen molar-refractivity contribution in [1.29, 1.82) is 0 Å². The van der Waals surface area contributed by atoms with E-state index >= 15 is 0 Å². The van der Waals surface area contributed by atoms with Gasteiger partial charge in [-0.25, -0.2) is 4.98 Å². The molecule has 36 heavy (non-hydrogen) atoms. The number of benzene rings is 2. The van der Waals surface area contributed by atoms with E-state index in [1.807, 2.05) is 18.3 Å². The third-order valence-electron chi connectivity index (χ3n) is 6.72. The molecule has 5 aromatic rings. The second kappa shape index (κ2) is 8.64. The molecular weight excluding hydrogens is 450 g/mol. The normalized spacial score (nSPS) is 15.9. The molecule has 2 aromatic carbocycles. The van der Waals surface area contributed by atoms with Gasteiger partial charge in [0.2, 0.25) is 0 Å². The van der Waals surface area contributed by atoms with E-state index in [0.29, 0.717) is 11.5 Å². The van der Waals surface area contributed by atoms with Crippen molar-refractivity contribution in [1.82, 2.24) is 25.6 Å². The lowest BCUT2D eigenvalue weighted by atomic mass is 10.1. The Balaban J connectivity index is 1.17. The van der Waals surface area contributed by atoms with Crippen molar-refractivity contribution in [3.8, 4) is 22.7 Å². The molecule has 0 radical (unpaired) electrons. The van der Waals surface area contributed by atoms with Gasteiger partial charge < -0.3 is 20.0 Å². The average molecular weight is 476 g/mol. The van der Waals surface area contributed by atoms with Crippen molar-refractivity contribution < 1.29 is 4.42 Å². The fourth-order valence-electron chi connectivity index (χ4n) is 4.84. The molecule has 5 heterocycles. The highest BCUT2D eigenvalue weighted by Crippen LogP contribution is 2.30. The summed E-state index contributed by atoms with van der Waals surface area (Å²) in [5.74, 6) is 2.59. The van der Waals surface area contributed by atoms with Gasteiger partial charge in [-0.2, -0.15) is 0 Å². The molecule has 7 rings (SSSR count). The third kappa shape index (κ3) is 3.71. The van der Waals surface area contributed by atoms with Crippen LogP contribution in [0.1, 0.15) is 24.0 Å². The maximum absolute atomic E-state index is 6.15. The fraction of sp³-hybridized carbons (Fsp3) is 0.214. The number of amidine groups is 2. The number of nitrogens with zero attached hydrogens (tertiary/aromatic N) is 4. The Labute approximate surface area is 207 Å². The van der Waals surface area contributed by atoms with Crippen LogP contribution in [0.25, 0.3) is 44.6 Å². The summed E-state index contributed by atoms with van der Waals surface area (Å²) in [6.07, 6.45) is 7.71. The molecular formula is C28H25N7O. The van der Waals surface area contributed by atoms with Gasteiger partial charge in [-0.15, -0.1) is 0 Å². The SMILES string of the molecule is c1cc2c(-c3cnc(-c4cc5ccc(C6=NCCCN6)cc5o4)cn3)c[nH]c2cc1C1=NCCCN1. The van der Waals surface area contributed by atoms with Crippen LogP contribution >= 0.6 is 0 Å². The van der Waals surface area contributed by atoms with E-state index < -0.39 is 0 Å². The van der Waals surface area contributed by atoms with Crippen LogP contribution in [0.15, 0.2) is 75.5 Å². The van der Waals surface area contributed by atoms with E-state index in [4.69, 9.17) is 9.40 Å². The molecule has 0 amide bonds. The van der Waals surface area contributed by atoms with E-state index in [1.54, 1.807) is 12.4 Å². The average Bonchev–Trinajstić information content (AvgIpc) is 3.58. The van der Waals surface area contributed by atoms with E-state index in [9.17, 15) is 0 Å². The molecule has 0 saturated heterocycles.